The van der Waals surface area contributed by atoms with Crippen LogP contribution < -0.4 is 0 Å². The van der Waals surface area contributed by atoms with Gasteiger partial charge in [0.15, 0.2) is 0 Å². The number of carbonyl (C=O) groups excluding carboxylic acids is 1. The monoisotopic (exact) mass is 253 g/mol. The van der Waals surface area contributed by atoms with Crippen molar-refractivity contribution in [2.45, 2.75) is 13.3 Å². The molecule has 0 aliphatic rings. The molecule has 1 aromatic rings. The van der Waals surface area contributed by atoms with Crippen molar-refractivity contribution in [2.75, 3.05) is 7.11 Å². The zero-order valence-electron chi connectivity index (χ0n) is 9.97. The van der Waals surface area contributed by atoms with E-state index in [0.29, 0.717) is 0 Å². The Morgan fingerprint density at radius 2 is 2.22 bits per heavy atom. The third kappa shape index (κ3) is 3.38. The Morgan fingerprint density at radius 3 is 2.78 bits per heavy atom. The number of nitro groups is 1. The number of rotatable bonds is 4. The number of esters is 1. The van der Waals surface area contributed by atoms with Crippen molar-refractivity contribution in [2.24, 2.45) is 0 Å². The fourth-order valence-electron chi connectivity index (χ4n) is 1.37. The molecule has 0 saturated carbocycles. The number of nitrogens with zero attached hydrogens (tertiary/aromatic N) is 1. The van der Waals surface area contributed by atoms with E-state index in [-0.39, 0.29) is 23.2 Å². The summed E-state index contributed by atoms with van der Waals surface area (Å²) >= 11 is 0. The Labute approximate surface area is 103 Å². The van der Waals surface area contributed by atoms with Crippen LogP contribution in [0.2, 0.25) is 0 Å². The highest BCUT2D eigenvalue weighted by atomic mass is 19.1. The van der Waals surface area contributed by atoms with Crippen LogP contribution in [-0.2, 0) is 9.53 Å². The highest BCUT2D eigenvalue weighted by Crippen LogP contribution is 2.23. The number of ether oxygens (including phenoxy) is 1. The predicted molar refractivity (Wildman–Crippen MR) is 63.5 cm³/mol. The fraction of sp³-hybridized carbons (Fsp3) is 0.250. The second kappa shape index (κ2) is 5.90. The van der Waals surface area contributed by atoms with E-state index >= 15 is 0 Å². The van der Waals surface area contributed by atoms with Crippen LogP contribution in [0.1, 0.15) is 17.5 Å². The first-order chi connectivity index (χ1) is 8.45. The van der Waals surface area contributed by atoms with Gasteiger partial charge in [0.25, 0.3) is 5.69 Å². The van der Waals surface area contributed by atoms with Gasteiger partial charge in [-0.1, -0.05) is 12.2 Å². The molecule has 0 heterocycles. The average Bonchev–Trinajstić information content (AvgIpc) is 2.31. The maximum Gasteiger partial charge on any atom is 0.309 e. The van der Waals surface area contributed by atoms with Gasteiger partial charge in [-0.15, -0.1) is 0 Å². The lowest BCUT2D eigenvalue weighted by atomic mass is 10.1. The maximum absolute atomic E-state index is 13.5. The number of hydrogen-bond acceptors (Lipinski definition) is 4. The molecule has 0 spiro atoms. The Bertz CT molecular complexity index is 511. The first kappa shape index (κ1) is 13.8. The van der Waals surface area contributed by atoms with E-state index in [4.69, 9.17) is 0 Å². The molecule has 0 aromatic heterocycles. The zero-order chi connectivity index (χ0) is 13.7. The molecule has 6 heteroatoms. The summed E-state index contributed by atoms with van der Waals surface area (Å²) in [6.45, 7) is 1.46. The van der Waals surface area contributed by atoms with E-state index in [0.717, 1.165) is 12.1 Å². The van der Waals surface area contributed by atoms with Gasteiger partial charge < -0.3 is 4.74 Å². The lowest BCUT2D eigenvalue weighted by Crippen LogP contribution is -1.97. The molecular formula is C12H12FNO4. The van der Waals surface area contributed by atoms with E-state index in [1.165, 1.54) is 26.2 Å². The normalized spacial score (nSPS) is 10.6. The van der Waals surface area contributed by atoms with Crippen LogP contribution in [0.25, 0.3) is 6.08 Å². The van der Waals surface area contributed by atoms with Gasteiger partial charge in [-0.05, 0) is 13.0 Å². The lowest BCUT2D eigenvalue weighted by Gasteiger charge is -2.01. The fourth-order valence-corrected chi connectivity index (χ4v) is 1.37. The van der Waals surface area contributed by atoms with Crippen molar-refractivity contribution in [1.82, 2.24) is 0 Å². The third-order valence-corrected chi connectivity index (χ3v) is 2.32. The molecule has 0 aliphatic heterocycles. The second-order valence-corrected chi connectivity index (χ2v) is 3.60. The van der Waals surface area contributed by atoms with Crippen LogP contribution in [0.5, 0.6) is 0 Å². The van der Waals surface area contributed by atoms with E-state index < -0.39 is 16.7 Å². The van der Waals surface area contributed by atoms with Crippen molar-refractivity contribution >= 4 is 17.7 Å². The summed E-state index contributed by atoms with van der Waals surface area (Å²) in [6.07, 6.45) is 2.69. The Morgan fingerprint density at radius 1 is 1.56 bits per heavy atom. The first-order valence-electron chi connectivity index (χ1n) is 5.13. The number of aryl methyl sites for hydroxylation is 1. The van der Waals surface area contributed by atoms with Gasteiger partial charge in [0.1, 0.15) is 5.82 Å². The molecule has 0 fully saturated rings. The summed E-state index contributed by atoms with van der Waals surface area (Å²) in [5.74, 6) is -1.03. The van der Waals surface area contributed by atoms with Gasteiger partial charge in [-0.25, -0.2) is 4.39 Å². The summed E-state index contributed by atoms with van der Waals surface area (Å²) in [5.41, 5.74) is 0.160. The number of methoxy groups -OCH3 is 1. The second-order valence-electron chi connectivity index (χ2n) is 3.60. The standard InChI is InChI=1S/C12H12FNO4/c1-8-6-10(13)9(7-11(8)14(16)17)4-3-5-12(15)18-2/h3-4,6-7H,5H2,1-2H3. The molecule has 0 N–H and O–H groups in total. The van der Waals surface area contributed by atoms with Crippen molar-refractivity contribution in [3.05, 3.63) is 45.3 Å². The number of halogens is 1. The Hall–Kier alpha value is -2.24. The minimum absolute atomic E-state index is 0.0163. The Balaban J connectivity index is 2.99. The van der Waals surface area contributed by atoms with E-state index in [1.807, 2.05) is 0 Å². The molecule has 1 aromatic carbocycles. The van der Waals surface area contributed by atoms with Gasteiger partial charge in [0.2, 0.25) is 0 Å². The molecule has 0 atom stereocenters. The summed E-state index contributed by atoms with van der Waals surface area (Å²) < 4.78 is 17.9. The molecule has 96 valence electrons. The minimum Gasteiger partial charge on any atom is -0.469 e. The zero-order valence-corrected chi connectivity index (χ0v) is 9.97. The molecule has 1 rings (SSSR count). The SMILES string of the molecule is COC(=O)CC=Cc1cc([N+](=O)[O-])c(C)cc1F. The van der Waals surface area contributed by atoms with Crippen LogP contribution in [0.3, 0.4) is 0 Å². The van der Waals surface area contributed by atoms with Gasteiger partial charge in [0.05, 0.1) is 18.5 Å². The van der Waals surface area contributed by atoms with Gasteiger partial charge >= 0.3 is 5.97 Å². The van der Waals surface area contributed by atoms with E-state index in [2.05, 4.69) is 4.74 Å². The number of nitro benzene ring substituents is 1. The third-order valence-electron chi connectivity index (χ3n) is 2.32. The largest absolute Gasteiger partial charge is 0.469 e. The Kier molecular flexibility index (Phi) is 4.53. The average molecular weight is 253 g/mol. The van der Waals surface area contributed by atoms with Gasteiger partial charge in [-0.2, -0.15) is 0 Å². The summed E-state index contributed by atoms with van der Waals surface area (Å²) in [4.78, 5) is 21.0. The first-order valence-corrected chi connectivity index (χ1v) is 5.13. The van der Waals surface area contributed by atoms with Crippen molar-refractivity contribution in [1.29, 1.82) is 0 Å². The van der Waals surface area contributed by atoms with Crippen LogP contribution >= 0.6 is 0 Å². The molecule has 0 amide bonds. The smallest absolute Gasteiger partial charge is 0.309 e. The summed E-state index contributed by atoms with van der Waals surface area (Å²) in [6, 6.07) is 2.23. The quantitative estimate of drug-likeness (QED) is 0.470. The van der Waals surface area contributed by atoms with Crippen LogP contribution in [0.4, 0.5) is 10.1 Å². The molecule has 0 aliphatic carbocycles. The van der Waals surface area contributed by atoms with Crippen molar-refractivity contribution in [3.8, 4) is 0 Å². The summed E-state index contributed by atoms with van der Waals surface area (Å²) in [7, 11) is 1.24. The molecular weight excluding hydrogens is 241 g/mol. The van der Waals surface area contributed by atoms with Gasteiger partial charge in [-0.3, -0.25) is 14.9 Å². The van der Waals surface area contributed by atoms with Gasteiger partial charge in [0, 0.05) is 17.2 Å². The molecule has 0 unspecified atom stereocenters. The van der Waals surface area contributed by atoms with Crippen LogP contribution in [-0.4, -0.2) is 18.0 Å². The van der Waals surface area contributed by atoms with Crippen molar-refractivity contribution in [3.63, 3.8) is 0 Å². The maximum atomic E-state index is 13.5. The lowest BCUT2D eigenvalue weighted by molar-refractivity contribution is -0.385. The summed E-state index contributed by atoms with van der Waals surface area (Å²) in [5, 5.41) is 10.7. The molecule has 0 bridgehead atoms. The molecule has 18 heavy (non-hydrogen) atoms. The van der Waals surface area contributed by atoms with Crippen molar-refractivity contribution < 1.29 is 18.8 Å². The number of hydrogen-bond donors (Lipinski definition) is 0. The topological polar surface area (TPSA) is 69.4 Å². The number of benzene rings is 1. The van der Waals surface area contributed by atoms with Crippen LogP contribution in [0.15, 0.2) is 18.2 Å². The molecule has 0 saturated heterocycles. The van der Waals surface area contributed by atoms with E-state index in [1.54, 1.807) is 0 Å². The molecule has 0 radical (unpaired) electrons. The van der Waals surface area contributed by atoms with Crippen LogP contribution in [0, 0.1) is 22.9 Å². The molecule has 5 nitrogen and oxygen atoms in total. The minimum atomic E-state index is -0.577. The highest BCUT2D eigenvalue weighted by Gasteiger charge is 2.13. The highest BCUT2D eigenvalue weighted by molar-refractivity contribution is 5.72. The number of carbonyl (C=O) groups is 1. The van der Waals surface area contributed by atoms with E-state index in [9.17, 15) is 19.3 Å². The predicted octanol–water partition coefficient (Wildman–Crippen LogP) is 2.62.